The predicted molar refractivity (Wildman–Crippen MR) is 116 cm³/mol. The van der Waals surface area contributed by atoms with E-state index in [-0.39, 0.29) is 17.7 Å². The highest BCUT2D eigenvalue weighted by atomic mass is 16.5. The molecule has 2 amide bonds. The number of nitrogens with two attached hydrogens (primary N) is 1. The number of carbonyl (C=O) groups excluding carboxylic acids is 2. The topological polar surface area (TPSA) is 77.1 Å². The number of nitrogens with one attached hydrogen (secondary N) is 1. The first-order valence-electron chi connectivity index (χ1n) is 10.7. The van der Waals surface area contributed by atoms with Gasteiger partial charge >= 0.3 is 0 Å². The second-order valence-corrected chi connectivity index (χ2v) is 7.95. The average molecular weight is 411 g/mol. The standard InChI is InChI=1S/C24H31N3O3/c1-2-27(23(28)17-26-14-6-9-21(16-26)24(25)29)15-19-10-12-22(13-11-19)30-18-20-7-4-3-5-8-20/h3-5,7-8,10-13,21H,2,6,9,14-18H2,1H3,(H2,25,29)/p+1/t21-/m1/s1. The molecule has 30 heavy (non-hydrogen) atoms. The van der Waals surface area contributed by atoms with Gasteiger partial charge in [-0.15, -0.1) is 0 Å². The highest BCUT2D eigenvalue weighted by Gasteiger charge is 2.29. The summed E-state index contributed by atoms with van der Waals surface area (Å²) in [4.78, 5) is 27.3. The number of piperidine rings is 1. The summed E-state index contributed by atoms with van der Waals surface area (Å²) >= 11 is 0. The lowest BCUT2D eigenvalue weighted by atomic mass is 9.97. The van der Waals surface area contributed by atoms with Crippen molar-refractivity contribution in [3.8, 4) is 5.75 Å². The van der Waals surface area contributed by atoms with Crippen LogP contribution in [-0.4, -0.2) is 42.9 Å². The van der Waals surface area contributed by atoms with Crippen LogP contribution in [0.5, 0.6) is 5.75 Å². The van der Waals surface area contributed by atoms with Crippen molar-refractivity contribution in [2.45, 2.75) is 32.9 Å². The van der Waals surface area contributed by atoms with E-state index in [0.29, 0.717) is 32.8 Å². The quantitative estimate of drug-likeness (QED) is 0.656. The molecule has 0 spiro atoms. The Hall–Kier alpha value is -2.86. The first-order valence-corrected chi connectivity index (χ1v) is 10.7. The molecule has 6 heteroatoms. The third-order valence-corrected chi connectivity index (χ3v) is 5.70. The van der Waals surface area contributed by atoms with Crippen molar-refractivity contribution in [3.63, 3.8) is 0 Å². The number of quaternary nitrogens is 1. The van der Waals surface area contributed by atoms with E-state index < -0.39 is 0 Å². The van der Waals surface area contributed by atoms with E-state index in [1.165, 1.54) is 0 Å². The average Bonchev–Trinajstić information content (AvgIpc) is 2.77. The van der Waals surface area contributed by atoms with Gasteiger partial charge in [0.25, 0.3) is 5.91 Å². The first kappa shape index (κ1) is 21.8. The molecule has 1 aliphatic rings. The van der Waals surface area contributed by atoms with Gasteiger partial charge in [-0.2, -0.15) is 0 Å². The second-order valence-electron chi connectivity index (χ2n) is 7.95. The van der Waals surface area contributed by atoms with Crippen LogP contribution in [0.25, 0.3) is 0 Å². The fourth-order valence-corrected chi connectivity index (χ4v) is 3.91. The lowest BCUT2D eigenvalue weighted by Crippen LogP contribution is -3.14. The summed E-state index contributed by atoms with van der Waals surface area (Å²) in [5.41, 5.74) is 7.66. The Morgan fingerprint density at radius 3 is 2.50 bits per heavy atom. The molecule has 2 atom stereocenters. The number of amides is 2. The number of hydrogen-bond donors (Lipinski definition) is 2. The Kier molecular flexibility index (Phi) is 7.85. The molecule has 0 aromatic heterocycles. The molecule has 1 unspecified atom stereocenters. The number of primary amides is 1. The van der Waals surface area contributed by atoms with Crippen LogP contribution < -0.4 is 15.4 Å². The zero-order valence-corrected chi connectivity index (χ0v) is 17.7. The van der Waals surface area contributed by atoms with Gasteiger partial charge in [0.05, 0.1) is 19.0 Å². The minimum Gasteiger partial charge on any atom is -0.489 e. The summed E-state index contributed by atoms with van der Waals surface area (Å²) in [7, 11) is 0. The normalized spacial score (nSPS) is 18.6. The van der Waals surface area contributed by atoms with Crippen molar-refractivity contribution >= 4 is 11.8 Å². The van der Waals surface area contributed by atoms with Crippen LogP contribution in [0.3, 0.4) is 0 Å². The van der Waals surface area contributed by atoms with Crippen LogP contribution >= 0.6 is 0 Å². The Morgan fingerprint density at radius 1 is 1.10 bits per heavy atom. The van der Waals surface area contributed by atoms with Gasteiger partial charge in [-0.05, 0) is 43.0 Å². The van der Waals surface area contributed by atoms with Gasteiger partial charge in [0.15, 0.2) is 6.54 Å². The molecule has 1 fully saturated rings. The summed E-state index contributed by atoms with van der Waals surface area (Å²) in [5, 5.41) is 0. The SMILES string of the molecule is CCN(Cc1ccc(OCc2ccccc2)cc1)C(=O)C[NH+]1CCC[C@@H](C(N)=O)C1. The van der Waals surface area contributed by atoms with E-state index in [1.807, 2.05) is 66.4 Å². The number of likely N-dealkylation sites (N-methyl/N-ethyl adjacent to an activating group) is 1. The summed E-state index contributed by atoms with van der Waals surface area (Å²) < 4.78 is 5.83. The number of benzene rings is 2. The molecule has 1 saturated heterocycles. The number of nitrogens with zero attached hydrogens (tertiary/aromatic N) is 1. The van der Waals surface area contributed by atoms with E-state index in [1.54, 1.807) is 0 Å². The second kappa shape index (κ2) is 10.8. The smallest absolute Gasteiger partial charge is 0.278 e. The van der Waals surface area contributed by atoms with Gasteiger partial charge in [-0.1, -0.05) is 42.5 Å². The fourth-order valence-electron chi connectivity index (χ4n) is 3.91. The van der Waals surface area contributed by atoms with Gasteiger partial charge in [-0.3, -0.25) is 9.59 Å². The Balaban J connectivity index is 1.50. The molecule has 2 aromatic carbocycles. The molecule has 160 valence electrons. The fraction of sp³-hybridized carbons (Fsp3) is 0.417. The monoisotopic (exact) mass is 410 g/mol. The summed E-state index contributed by atoms with van der Waals surface area (Å²) in [6.45, 7) is 5.73. The molecule has 6 nitrogen and oxygen atoms in total. The molecule has 0 aliphatic carbocycles. The molecule has 1 aliphatic heterocycles. The maximum Gasteiger partial charge on any atom is 0.278 e. The molecular formula is C24H32N3O3+. The van der Waals surface area contributed by atoms with Crippen molar-refractivity contribution in [2.24, 2.45) is 11.7 Å². The van der Waals surface area contributed by atoms with Crippen LogP contribution in [0.15, 0.2) is 54.6 Å². The lowest BCUT2D eigenvalue weighted by molar-refractivity contribution is -0.899. The largest absolute Gasteiger partial charge is 0.489 e. The van der Waals surface area contributed by atoms with Crippen LogP contribution in [0, 0.1) is 5.92 Å². The molecule has 0 saturated carbocycles. The van der Waals surface area contributed by atoms with E-state index >= 15 is 0 Å². The van der Waals surface area contributed by atoms with Gasteiger partial charge in [0.1, 0.15) is 12.4 Å². The third-order valence-electron chi connectivity index (χ3n) is 5.70. The van der Waals surface area contributed by atoms with Crippen LogP contribution in [0.1, 0.15) is 30.9 Å². The minimum absolute atomic E-state index is 0.111. The maximum absolute atomic E-state index is 12.8. The third kappa shape index (κ3) is 6.32. The Labute approximate surface area is 178 Å². The first-order chi connectivity index (χ1) is 14.5. The van der Waals surface area contributed by atoms with Gasteiger partial charge < -0.3 is 20.3 Å². The number of likely N-dealkylation sites (tertiary alicyclic amines) is 1. The molecule has 3 N–H and O–H groups in total. The van der Waals surface area contributed by atoms with Crippen LogP contribution in [0.2, 0.25) is 0 Å². The number of rotatable bonds is 9. The summed E-state index contributed by atoms with van der Waals surface area (Å²) in [6.07, 6.45) is 1.77. The van der Waals surface area contributed by atoms with E-state index in [0.717, 1.165) is 41.2 Å². The zero-order valence-electron chi connectivity index (χ0n) is 17.7. The Bertz CT molecular complexity index is 823. The number of carbonyl (C=O) groups is 2. The van der Waals surface area contributed by atoms with Crippen molar-refractivity contribution in [1.29, 1.82) is 0 Å². The van der Waals surface area contributed by atoms with Crippen molar-refractivity contribution in [3.05, 3.63) is 65.7 Å². The molecule has 2 aromatic rings. The highest BCUT2D eigenvalue weighted by Crippen LogP contribution is 2.15. The molecule has 0 bridgehead atoms. The van der Waals surface area contributed by atoms with E-state index in [2.05, 4.69) is 0 Å². The molecular weight excluding hydrogens is 378 g/mol. The van der Waals surface area contributed by atoms with Crippen molar-refractivity contribution in [1.82, 2.24) is 4.90 Å². The maximum atomic E-state index is 12.8. The van der Waals surface area contributed by atoms with E-state index in [4.69, 9.17) is 10.5 Å². The summed E-state index contributed by atoms with van der Waals surface area (Å²) in [5.74, 6) is 0.566. The zero-order chi connectivity index (χ0) is 21.3. The van der Waals surface area contributed by atoms with Gasteiger partial charge in [0, 0.05) is 13.1 Å². The predicted octanol–water partition coefficient (Wildman–Crippen LogP) is 1.39. The molecule has 3 rings (SSSR count). The minimum atomic E-state index is -0.249. The number of ether oxygens (including phenoxy) is 1. The lowest BCUT2D eigenvalue weighted by Gasteiger charge is -2.30. The van der Waals surface area contributed by atoms with E-state index in [9.17, 15) is 9.59 Å². The van der Waals surface area contributed by atoms with Crippen molar-refractivity contribution < 1.29 is 19.2 Å². The molecule has 0 radical (unpaired) electrons. The highest BCUT2D eigenvalue weighted by molar-refractivity contribution is 5.78. The van der Waals surface area contributed by atoms with Crippen LogP contribution in [0.4, 0.5) is 0 Å². The molecule has 1 heterocycles. The van der Waals surface area contributed by atoms with Crippen LogP contribution in [-0.2, 0) is 22.7 Å². The van der Waals surface area contributed by atoms with Crippen molar-refractivity contribution in [2.75, 3.05) is 26.2 Å². The summed E-state index contributed by atoms with van der Waals surface area (Å²) in [6, 6.07) is 18.0. The van der Waals surface area contributed by atoms with Gasteiger partial charge in [-0.25, -0.2) is 0 Å². The van der Waals surface area contributed by atoms with Gasteiger partial charge in [0.2, 0.25) is 5.91 Å². The Morgan fingerprint density at radius 2 is 1.83 bits per heavy atom. The number of hydrogen-bond acceptors (Lipinski definition) is 3.